The van der Waals surface area contributed by atoms with Crippen molar-refractivity contribution in [1.82, 2.24) is 0 Å². The van der Waals surface area contributed by atoms with E-state index in [-0.39, 0.29) is 30.0 Å². The van der Waals surface area contributed by atoms with Crippen LogP contribution in [0, 0.1) is 5.41 Å². The third-order valence-electron chi connectivity index (χ3n) is 2.23. The molecule has 0 fully saturated rings. The molecule has 0 spiro atoms. The Morgan fingerprint density at radius 3 is 2.33 bits per heavy atom. The Labute approximate surface area is 92.1 Å². The predicted molar refractivity (Wildman–Crippen MR) is 59.5 cm³/mol. The molecule has 15 heavy (non-hydrogen) atoms. The summed E-state index contributed by atoms with van der Waals surface area (Å²) in [6, 6.07) is -0.181. The van der Waals surface area contributed by atoms with E-state index in [0.29, 0.717) is 6.61 Å². The van der Waals surface area contributed by atoms with Gasteiger partial charge in [-0.15, -0.1) is 0 Å². The monoisotopic (exact) mass is 217 g/mol. The van der Waals surface area contributed by atoms with Crippen LogP contribution in [0.1, 0.15) is 34.1 Å². The maximum atomic E-state index is 11.4. The summed E-state index contributed by atoms with van der Waals surface area (Å²) >= 11 is 0. The molecule has 0 aromatic heterocycles. The Bertz CT molecular complexity index is 198. The molecule has 0 aliphatic heterocycles. The molecule has 4 heteroatoms. The first-order valence-electron chi connectivity index (χ1n) is 5.21. The second kappa shape index (κ2) is 6.08. The van der Waals surface area contributed by atoms with Crippen LogP contribution in [-0.2, 0) is 14.3 Å². The first-order chi connectivity index (χ1) is 6.77. The van der Waals surface area contributed by atoms with E-state index in [0.717, 1.165) is 0 Å². The maximum Gasteiger partial charge on any atom is 0.307 e. The highest BCUT2D eigenvalue weighted by Crippen LogP contribution is 2.20. The van der Waals surface area contributed by atoms with Gasteiger partial charge >= 0.3 is 5.97 Å². The zero-order chi connectivity index (χ0) is 12.1. The van der Waals surface area contributed by atoms with Crippen molar-refractivity contribution in [3.8, 4) is 0 Å². The second-order valence-corrected chi connectivity index (χ2v) is 4.93. The molecule has 90 valence electrons. The van der Waals surface area contributed by atoms with Gasteiger partial charge < -0.3 is 15.2 Å². The number of esters is 1. The number of rotatable bonds is 5. The second-order valence-electron chi connectivity index (χ2n) is 4.93. The van der Waals surface area contributed by atoms with Crippen molar-refractivity contribution in [3.63, 3.8) is 0 Å². The summed E-state index contributed by atoms with van der Waals surface area (Å²) in [5.41, 5.74) is 5.79. The summed E-state index contributed by atoms with van der Waals surface area (Å²) in [5.74, 6) is -0.262. The van der Waals surface area contributed by atoms with Crippen molar-refractivity contribution in [3.05, 3.63) is 0 Å². The Morgan fingerprint density at radius 1 is 1.40 bits per heavy atom. The predicted octanol–water partition coefficient (Wildman–Crippen LogP) is 1.33. The molecular weight excluding hydrogens is 194 g/mol. The molecule has 0 heterocycles. The van der Waals surface area contributed by atoms with E-state index in [1.165, 1.54) is 0 Å². The fourth-order valence-electron chi connectivity index (χ4n) is 1.03. The smallest absolute Gasteiger partial charge is 0.307 e. The van der Waals surface area contributed by atoms with Gasteiger partial charge in [-0.3, -0.25) is 4.79 Å². The van der Waals surface area contributed by atoms with Crippen molar-refractivity contribution >= 4 is 5.97 Å². The van der Waals surface area contributed by atoms with Crippen molar-refractivity contribution in [1.29, 1.82) is 0 Å². The van der Waals surface area contributed by atoms with E-state index < -0.39 is 0 Å². The summed E-state index contributed by atoms with van der Waals surface area (Å²) in [5, 5.41) is 0. The van der Waals surface area contributed by atoms with Gasteiger partial charge in [0.05, 0.1) is 13.0 Å². The zero-order valence-electron chi connectivity index (χ0n) is 10.4. The summed E-state index contributed by atoms with van der Waals surface area (Å²) in [7, 11) is 1.57. The largest absolute Gasteiger partial charge is 0.460 e. The third-order valence-corrected chi connectivity index (χ3v) is 2.23. The molecule has 0 saturated carbocycles. The first kappa shape index (κ1) is 14.4. The lowest BCUT2D eigenvalue weighted by atomic mass is 9.85. The average molecular weight is 217 g/mol. The molecule has 0 aromatic carbocycles. The number of hydrogen-bond acceptors (Lipinski definition) is 4. The number of hydrogen-bond donors (Lipinski definition) is 1. The van der Waals surface area contributed by atoms with Gasteiger partial charge in [-0.25, -0.2) is 0 Å². The quantitative estimate of drug-likeness (QED) is 0.706. The minimum atomic E-state index is -0.262. The average Bonchev–Trinajstić information content (AvgIpc) is 2.01. The van der Waals surface area contributed by atoms with Crippen LogP contribution in [0.5, 0.6) is 0 Å². The molecule has 4 nitrogen and oxygen atoms in total. The van der Waals surface area contributed by atoms with E-state index in [1.807, 2.05) is 20.8 Å². The van der Waals surface area contributed by atoms with Gasteiger partial charge in [-0.05, 0) is 12.3 Å². The summed E-state index contributed by atoms with van der Waals surface area (Å²) in [6.45, 7) is 8.22. The van der Waals surface area contributed by atoms with Gasteiger partial charge in [0.2, 0.25) is 0 Å². The standard InChI is InChI=1S/C11H23NO3/c1-8(7-14-5)15-10(13)6-9(12)11(2,3)4/h8-9H,6-7,12H2,1-5H3. The van der Waals surface area contributed by atoms with Gasteiger partial charge in [0.25, 0.3) is 0 Å². The molecular formula is C11H23NO3. The number of carbonyl (C=O) groups excluding carboxylic acids is 1. The topological polar surface area (TPSA) is 61.5 Å². The number of carbonyl (C=O) groups is 1. The molecule has 2 atom stereocenters. The Kier molecular flexibility index (Phi) is 5.83. The molecule has 2 unspecified atom stereocenters. The Hall–Kier alpha value is -0.610. The molecule has 0 aliphatic rings. The minimum Gasteiger partial charge on any atom is -0.460 e. The van der Waals surface area contributed by atoms with E-state index in [1.54, 1.807) is 14.0 Å². The summed E-state index contributed by atoms with van der Waals surface area (Å²) in [6.07, 6.45) is 0.0343. The molecule has 0 rings (SSSR count). The van der Waals surface area contributed by atoms with Crippen molar-refractivity contribution in [2.45, 2.75) is 46.3 Å². The Balaban J connectivity index is 3.94. The molecule has 0 saturated heterocycles. The van der Waals surface area contributed by atoms with Crippen molar-refractivity contribution in [2.75, 3.05) is 13.7 Å². The lowest BCUT2D eigenvalue weighted by Crippen LogP contribution is -2.38. The number of ether oxygens (including phenoxy) is 2. The molecule has 2 N–H and O–H groups in total. The fourth-order valence-corrected chi connectivity index (χ4v) is 1.03. The maximum absolute atomic E-state index is 11.4. The summed E-state index contributed by atoms with van der Waals surface area (Å²) in [4.78, 5) is 11.4. The zero-order valence-corrected chi connectivity index (χ0v) is 10.4. The lowest BCUT2D eigenvalue weighted by molar-refractivity contribution is -0.151. The van der Waals surface area contributed by atoms with Crippen LogP contribution in [0.2, 0.25) is 0 Å². The molecule has 0 amide bonds. The minimum absolute atomic E-state index is 0.0798. The highest BCUT2D eigenvalue weighted by molar-refractivity contribution is 5.70. The van der Waals surface area contributed by atoms with Gasteiger partial charge in [-0.1, -0.05) is 20.8 Å². The van der Waals surface area contributed by atoms with Crippen LogP contribution >= 0.6 is 0 Å². The van der Waals surface area contributed by atoms with Gasteiger partial charge in [0, 0.05) is 13.2 Å². The van der Waals surface area contributed by atoms with Crippen LogP contribution < -0.4 is 5.73 Å². The molecule has 0 aromatic rings. The number of methoxy groups -OCH3 is 1. The van der Waals surface area contributed by atoms with Crippen molar-refractivity contribution in [2.24, 2.45) is 11.1 Å². The van der Waals surface area contributed by atoms with E-state index in [9.17, 15) is 4.79 Å². The molecule has 0 bridgehead atoms. The third kappa shape index (κ3) is 6.47. The molecule has 0 radical (unpaired) electrons. The van der Waals surface area contributed by atoms with Gasteiger partial charge in [0.1, 0.15) is 6.10 Å². The highest BCUT2D eigenvalue weighted by Gasteiger charge is 2.24. The van der Waals surface area contributed by atoms with E-state index >= 15 is 0 Å². The van der Waals surface area contributed by atoms with Gasteiger partial charge in [-0.2, -0.15) is 0 Å². The first-order valence-corrected chi connectivity index (χ1v) is 5.21. The van der Waals surface area contributed by atoms with E-state index in [4.69, 9.17) is 15.2 Å². The Morgan fingerprint density at radius 2 is 1.93 bits per heavy atom. The number of nitrogens with two attached hydrogens (primary N) is 1. The van der Waals surface area contributed by atoms with Crippen molar-refractivity contribution < 1.29 is 14.3 Å². The normalized spacial score (nSPS) is 15.9. The van der Waals surface area contributed by atoms with Crippen LogP contribution in [0.3, 0.4) is 0 Å². The molecule has 0 aliphatic carbocycles. The summed E-state index contributed by atoms with van der Waals surface area (Å²) < 4.78 is 9.98. The van der Waals surface area contributed by atoms with Crippen LogP contribution in [0.15, 0.2) is 0 Å². The van der Waals surface area contributed by atoms with Gasteiger partial charge in [0.15, 0.2) is 0 Å². The van der Waals surface area contributed by atoms with Crippen LogP contribution in [0.4, 0.5) is 0 Å². The fraction of sp³-hybridized carbons (Fsp3) is 0.909. The van der Waals surface area contributed by atoms with Crippen LogP contribution in [0.25, 0.3) is 0 Å². The highest BCUT2D eigenvalue weighted by atomic mass is 16.6. The lowest BCUT2D eigenvalue weighted by Gasteiger charge is -2.26. The van der Waals surface area contributed by atoms with Crippen LogP contribution in [-0.4, -0.2) is 31.8 Å². The SMILES string of the molecule is COCC(C)OC(=O)CC(N)C(C)(C)C. The van der Waals surface area contributed by atoms with E-state index in [2.05, 4.69) is 0 Å².